The first-order valence-corrected chi connectivity index (χ1v) is 8.72. The SMILES string of the molecule is CCOC(=O)OC1=C(O)CCN(CCc2c[nH]c3ccc(OC)cc23)C1. The van der Waals surface area contributed by atoms with Crippen LogP contribution in [-0.2, 0) is 15.9 Å². The highest BCUT2D eigenvalue weighted by molar-refractivity contribution is 5.84. The molecule has 0 saturated heterocycles. The Hall–Kier alpha value is -2.67. The van der Waals surface area contributed by atoms with Crippen LogP contribution in [0.2, 0.25) is 0 Å². The predicted octanol–water partition coefficient (Wildman–Crippen LogP) is 3.37. The molecule has 2 aromatic rings. The summed E-state index contributed by atoms with van der Waals surface area (Å²) in [5, 5.41) is 11.1. The Morgan fingerprint density at radius 2 is 2.23 bits per heavy atom. The number of carbonyl (C=O) groups is 1. The predicted molar refractivity (Wildman–Crippen MR) is 97.4 cm³/mol. The van der Waals surface area contributed by atoms with E-state index in [2.05, 4.69) is 9.88 Å². The zero-order chi connectivity index (χ0) is 18.5. The van der Waals surface area contributed by atoms with E-state index in [1.54, 1.807) is 14.0 Å². The number of ether oxygens (including phenoxy) is 3. The monoisotopic (exact) mass is 360 g/mol. The minimum Gasteiger partial charge on any atom is -0.509 e. The van der Waals surface area contributed by atoms with Crippen molar-refractivity contribution in [1.29, 1.82) is 0 Å². The number of benzene rings is 1. The second-order valence-corrected chi connectivity index (χ2v) is 6.16. The van der Waals surface area contributed by atoms with E-state index in [0.717, 1.165) is 29.6 Å². The van der Waals surface area contributed by atoms with Crippen molar-refractivity contribution in [2.24, 2.45) is 0 Å². The smallest absolute Gasteiger partial charge is 0.509 e. The average Bonchev–Trinajstić information content (AvgIpc) is 3.04. The van der Waals surface area contributed by atoms with Gasteiger partial charge in [0.1, 0.15) is 11.5 Å². The molecular formula is C19H24N2O5. The molecule has 3 rings (SSSR count). The summed E-state index contributed by atoms with van der Waals surface area (Å²) in [5.41, 5.74) is 2.27. The maximum Gasteiger partial charge on any atom is 0.513 e. The van der Waals surface area contributed by atoms with Gasteiger partial charge in [0.2, 0.25) is 0 Å². The van der Waals surface area contributed by atoms with Crippen molar-refractivity contribution in [3.63, 3.8) is 0 Å². The standard InChI is InChI=1S/C19H24N2O5/c1-3-25-19(23)26-18-12-21(9-7-17(18)22)8-6-13-11-20-16-5-4-14(24-2)10-15(13)16/h4-5,10-11,20,22H,3,6-9,12H2,1-2H3. The molecule has 2 N–H and O–H groups in total. The molecule has 0 bridgehead atoms. The number of aromatic amines is 1. The van der Waals surface area contributed by atoms with Crippen molar-refractivity contribution >= 4 is 17.1 Å². The fourth-order valence-electron chi connectivity index (χ4n) is 3.08. The lowest BCUT2D eigenvalue weighted by molar-refractivity contribution is 0.0663. The average molecular weight is 360 g/mol. The summed E-state index contributed by atoms with van der Waals surface area (Å²) < 4.78 is 15.2. The van der Waals surface area contributed by atoms with E-state index in [1.165, 1.54) is 5.56 Å². The van der Waals surface area contributed by atoms with Gasteiger partial charge in [-0.1, -0.05) is 0 Å². The molecule has 26 heavy (non-hydrogen) atoms. The summed E-state index contributed by atoms with van der Waals surface area (Å²) in [7, 11) is 1.66. The van der Waals surface area contributed by atoms with Crippen LogP contribution >= 0.6 is 0 Å². The third-order valence-corrected chi connectivity index (χ3v) is 4.49. The number of rotatable bonds is 6. The fraction of sp³-hybridized carbons (Fsp3) is 0.421. The van der Waals surface area contributed by atoms with Gasteiger partial charge < -0.3 is 24.3 Å². The topological polar surface area (TPSA) is 84.0 Å². The van der Waals surface area contributed by atoms with E-state index >= 15 is 0 Å². The molecule has 1 aliphatic rings. The number of carbonyl (C=O) groups excluding carboxylic acids is 1. The molecule has 0 unspecified atom stereocenters. The van der Waals surface area contributed by atoms with Crippen LogP contribution in [0.1, 0.15) is 18.9 Å². The summed E-state index contributed by atoms with van der Waals surface area (Å²) in [4.78, 5) is 16.9. The second kappa shape index (κ2) is 8.14. The summed E-state index contributed by atoms with van der Waals surface area (Å²) >= 11 is 0. The van der Waals surface area contributed by atoms with E-state index < -0.39 is 6.16 Å². The van der Waals surface area contributed by atoms with Crippen LogP contribution in [0, 0.1) is 0 Å². The molecule has 1 aliphatic heterocycles. The minimum atomic E-state index is -0.778. The lowest BCUT2D eigenvalue weighted by Gasteiger charge is -2.27. The maximum atomic E-state index is 11.5. The van der Waals surface area contributed by atoms with Crippen LogP contribution in [0.3, 0.4) is 0 Å². The fourth-order valence-corrected chi connectivity index (χ4v) is 3.08. The van der Waals surface area contributed by atoms with E-state index in [9.17, 15) is 9.90 Å². The third kappa shape index (κ3) is 4.11. The van der Waals surface area contributed by atoms with E-state index in [1.807, 2.05) is 24.4 Å². The number of nitrogens with one attached hydrogen (secondary N) is 1. The number of aliphatic hydroxyl groups is 1. The Morgan fingerprint density at radius 3 is 3.00 bits per heavy atom. The zero-order valence-corrected chi connectivity index (χ0v) is 15.1. The Kier molecular flexibility index (Phi) is 5.68. The van der Waals surface area contributed by atoms with E-state index in [-0.39, 0.29) is 18.1 Å². The molecule has 0 spiro atoms. The van der Waals surface area contributed by atoms with Gasteiger partial charge in [0, 0.05) is 36.6 Å². The summed E-state index contributed by atoms with van der Waals surface area (Å²) in [6, 6.07) is 5.96. The Morgan fingerprint density at radius 1 is 1.38 bits per heavy atom. The second-order valence-electron chi connectivity index (χ2n) is 6.16. The first kappa shape index (κ1) is 18.1. The van der Waals surface area contributed by atoms with Gasteiger partial charge in [-0.25, -0.2) is 4.79 Å². The van der Waals surface area contributed by atoms with Crippen LogP contribution in [0.5, 0.6) is 5.75 Å². The van der Waals surface area contributed by atoms with E-state index in [4.69, 9.17) is 14.2 Å². The summed E-state index contributed by atoms with van der Waals surface area (Å²) in [5.74, 6) is 1.22. The van der Waals surface area contributed by atoms with Gasteiger partial charge in [-0.05, 0) is 37.1 Å². The Bertz CT molecular complexity index is 811. The highest BCUT2D eigenvalue weighted by atomic mass is 16.7. The first-order chi connectivity index (χ1) is 12.6. The molecule has 2 heterocycles. The van der Waals surface area contributed by atoms with Gasteiger partial charge in [0.15, 0.2) is 5.76 Å². The molecule has 1 aromatic carbocycles. The number of hydrogen-bond donors (Lipinski definition) is 2. The molecular weight excluding hydrogens is 336 g/mol. The largest absolute Gasteiger partial charge is 0.513 e. The molecule has 0 aliphatic carbocycles. The molecule has 7 heteroatoms. The molecule has 0 radical (unpaired) electrons. The van der Waals surface area contributed by atoms with Crippen LogP contribution in [-0.4, -0.2) is 54.5 Å². The maximum absolute atomic E-state index is 11.5. The van der Waals surface area contributed by atoms with Crippen LogP contribution in [0.15, 0.2) is 35.9 Å². The number of aliphatic hydroxyl groups excluding tert-OH is 1. The van der Waals surface area contributed by atoms with Crippen molar-refractivity contribution < 1.29 is 24.1 Å². The van der Waals surface area contributed by atoms with Gasteiger partial charge in [0.25, 0.3) is 0 Å². The molecule has 7 nitrogen and oxygen atoms in total. The van der Waals surface area contributed by atoms with Crippen molar-refractivity contribution in [2.45, 2.75) is 19.8 Å². The Balaban J connectivity index is 1.62. The number of H-pyrrole nitrogens is 1. The molecule has 1 aromatic heterocycles. The van der Waals surface area contributed by atoms with Gasteiger partial charge in [-0.2, -0.15) is 0 Å². The highest BCUT2D eigenvalue weighted by Crippen LogP contribution is 2.25. The van der Waals surface area contributed by atoms with Crippen molar-refractivity contribution in [2.75, 3.05) is 33.4 Å². The number of fused-ring (bicyclic) bond motifs is 1. The highest BCUT2D eigenvalue weighted by Gasteiger charge is 2.22. The summed E-state index contributed by atoms with van der Waals surface area (Å²) in [6.45, 7) is 3.83. The van der Waals surface area contributed by atoms with Gasteiger partial charge in [0.05, 0.1) is 20.3 Å². The summed E-state index contributed by atoms with van der Waals surface area (Å²) in [6.07, 6.45) is 2.52. The number of methoxy groups -OCH3 is 1. The van der Waals surface area contributed by atoms with Crippen molar-refractivity contribution in [3.05, 3.63) is 41.5 Å². The molecule has 0 atom stereocenters. The Labute approximate surface area is 152 Å². The normalized spacial score (nSPS) is 15.3. The van der Waals surface area contributed by atoms with Crippen molar-refractivity contribution in [1.82, 2.24) is 9.88 Å². The zero-order valence-electron chi connectivity index (χ0n) is 15.1. The lowest BCUT2D eigenvalue weighted by atomic mass is 10.1. The van der Waals surface area contributed by atoms with Gasteiger partial charge >= 0.3 is 6.16 Å². The molecule has 0 saturated carbocycles. The van der Waals surface area contributed by atoms with Crippen LogP contribution in [0.25, 0.3) is 10.9 Å². The van der Waals surface area contributed by atoms with Crippen LogP contribution in [0.4, 0.5) is 4.79 Å². The molecule has 0 fully saturated rings. The quantitative estimate of drug-likeness (QED) is 0.769. The molecule has 140 valence electrons. The van der Waals surface area contributed by atoms with Crippen LogP contribution < -0.4 is 4.74 Å². The minimum absolute atomic E-state index is 0.117. The number of nitrogens with zero attached hydrogens (tertiary/aromatic N) is 1. The number of hydrogen-bond acceptors (Lipinski definition) is 6. The lowest BCUT2D eigenvalue weighted by Crippen LogP contribution is -2.34. The van der Waals surface area contributed by atoms with Gasteiger partial charge in [-0.3, -0.25) is 4.90 Å². The third-order valence-electron chi connectivity index (χ3n) is 4.49. The first-order valence-electron chi connectivity index (χ1n) is 8.72. The number of aromatic nitrogens is 1. The molecule has 0 amide bonds. The van der Waals surface area contributed by atoms with Crippen molar-refractivity contribution in [3.8, 4) is 5.75 Å². The van der Waals surface area contributed by atoms with Gasteiger partial charge in [-0.15, -0.1) is 0 Å². The van der Waals surface area contributed by atoms with E-state index in [0.29, 0.717) is 19.5 Å².